The van der Waals surface area contributed by atoms with Gasteiger partial charge in [0.05, 0.1) is 16.8 Å². The minimum Gasteiger partial charge on any atom is -0.449 e. The van der Waals surface area contributed by atoms with Crippen LogP contribution in [0.3, 0.4) is 0 Å². The third-order valence-electron chi connectivity index (χ3n) is 4.69. The smallest absolute Gasteiger partial charge is 0.340 e. The van der Waals surface area contributed by atoms with E-state index < -0.39 is 18.0 Å². The van der Waals surface area contributed by atoms with Gasteiger partial charge in [0.15, 0.2) is 6.10 Å². The van der Waals surface area contributed by atoms with Gasteiger partial charge in [0, 0.05) is 17.1 Å². The molecule has 3 rings (SSSR count). The van der Waals surface area contributed by atoms with Crippen molar-refractivity contribution in [2.75, 3.05) is 5.32 Å². The highest BCUT2D eigenvalue weighted by atomic mass is 19.1. The maximum Gasteiger partial charge on any atom is 0.340 e. The number of benzene rings is 2. The third-order valence-corrected chi connectivity index (χ3v) is 4.69. The van der Waals surface area contributed by atoms with Crippen molar-refractivity contribution in [2.45, 2.75) is 26.9 Å². The lowest BCUT2D eigenvalue weighted by molar-refractivity contribution is -0.123. The molecular weight excluding hydrogens is 385 g/mol. The number of amides is 1. The summed E-state index contributed by atoms with van der Waals surface area (Å²) < 4.78 is 20.4. The van der Waals surface area contributed by atoms with E-state index in [1.54, 1.807) is 49.4 Å². The molecule has 1 amide bonds. The highest BCUT2D eigenvalue weighted by Gasteiger charge is 2.23. The Bertz CT molecular complexity index is 1140. The molecule has 1 aromatic heterocycles. The van der Waals surface area contributed by atoms with Crippen molar-refractivity contribution in [1.82, 2.24) is 4.57 Å². The number of nitrogens with zero attached hydrogens (tertiary/aromatic N) is 2. The summed E-state index contributed by atoms with van der Waals surface area (Å²) in [5.41, 5.74) is 3.07. The van der Waals surface area contributed by atoms with E-state index in [4.69, 9.17) is 10.00 Å². The Balaban J connectivity index is 1.76. The molecule has 1 N–H and O–H groups in total. The molecule has 6 nitrogen and oxygen atoms in total. The van der Waals surface area contributed by atoms with Crippen molar-refractivity contribution >= 4 is 17.6 Å². The second-order valence-corrected chi connectivity index (χ2v) is 6.79. The standard InChI is InChI=1S/C23H20FN3O3/c1-14-12-20(15(2)27(14)19-10-8-18(24)9-11-19)23(29)30-16(3)22(28)26-21-7-5-4-6-17(21)13-25/h4-12,16H,1-3H3,(H,26,28)/t16-/m1/s1. The topological polar surface area (TPSA) is 84.1 Å². The average Bonchev–Trinajstić information content (AvgIpc) is 3.03. The lowest BCUT2D eigenvalue weighted by Gasteiger charge is -2.14. The van der Waals surface area contributed by atoms with E-state index in [0.29, 0.717) is 28.2 Å². The number of aryl methyl sites for hydroxylation is 1. The number of para-hydroxylation sites is 1. The van der Waals surface area contributed by atoms with Gasteiger partial charge in [-0.05, 0) is 63.2 Å². The Hall–Kier alpha value is -3.92. The molecule has 0 spiro atoms. The zero-order valence-corrected chi connectivity index (χ0v) is 16.8. The molecule has 2 aromatic carbocycles. The predicted octanol–water partition coefficient (Wildman–Crippen LogP) is 4.29. The molecule has 7 heteroatoms. The predicted molar refractivity (Wildman–Crippen MR) is 110 cm³/mol. The van der Waals surface area contributed by atoms with Gasteiger partial charge in [-0.25, -0.2) is 9.18 Å². The fraction of sp³-hybridized carbons (Fsp3) is 0.174. The van der Waals surface area contributed by atoms with Crippen molar-refractivity contribution in [3.63, 3.8) is 0 Å². The monoisotopic (exact) mass is 405 g/mol. The molecule has 1 heterocycles. The van der Waals surface area contributed by atoms with E-state index in [9.17, 15) is 14.0 Å². The zero-order valence-electron chi connectivity index (χ0n) is 16.8. The minimum absolute atomic E-state index is 0.312. The number of halogens is 1. The number of hydrogen-bond acceptors (Lipinski definition) is 4. The Morgan fingerprint density at radius 1 is 1.13 bits per heavy atom. The number of anilines is 1. The van der Waals surface area contributed by atoms with E-state index in [-0.39, 0.29) is 5.82 Å². The van der Waals surface area contributed by atoms with Gasteiger partial charge in [0.2, 0.25) is 0 Å². The van der Waals surface area contributed by atoms with Crippen LogP contribution in [0.2, 0.25) is 0 Å². The van der Waals surface area contributed by atoms with E-state index in [2.05, 4.69) is 5.32 Å². The van der Waals surface area contributed by atoms with Gasteiger partial charge < -0.3 is 14.6 Å². The van der Waals surface area contributed by atoms with Gasteiger partial charge in [-0.15, -0.1) is 0 Å². The van der Waals surface area contributed by atoms with Crippen LogP contribution in [0, 0.1) is 31.0 Å². The molecule has 0 aliphatic carbocycles. The number of ether oxygens (including phenoxy) is 1. The van der Waals surface area contributed by atoms with Crippen molar-refractivity contribution < 1.29 is 18.7 Å². The SMILES string of the molecule is Cc1cc(C(=O)O[C@H](C)C(=O)Nc2ccccc2C#N)c(C)n1-c1ccc(F)cc1. The fourth-order valence-corrected chi connectivity index (χ4v) is 3.16. The van der Waals surface area contributed by atoms with Crippen molar-refractivity contribution in [1.29, 1.82) is 5.26 Å². The highest BCUT2D eigenvalue weighted by Crippen LogP contribution is 2.22. The Morgan fingerprint density at radius 2 is 1.80 bits per heavy atom. The van der Waals surface area contributed by atoms with Crippen molar-refractivity contribution in [3.05, 3.63) is 82.9 Å². The summed E-state index contributed by atoms with van der Waals surface area (Å²) in [6, 6.07) is 16.1. The molecule has 0 unspecified atom stereocenters. The van der Waals surface area contributed by atoms with Crippen LogP contribution in [-0.2, 0) is 9.53 Å². The third kappa shape index (κ3) is 4.23. The van der Waals surface area contributed by atoms with Crippen LogP contribution < -0.4 is 5.32 Å². The lowest BCUT2D eigenvalue weighted by atomic mass is 10.2. The van der Waals surface area contributed by atoms with Crippen LogP contribution in [0.5, 0.6) is 0 Å². The summed E-state index contributed by atoms with van der Waals surface area (Å²) in [5, 5.41) is 11.7. The van der Waals surface area contributed by atoms with Crippen LogP contribution in [0.1, 0.15) is 34.2 Å². The number of aromatic nitrogens is 1. The minimum atomic E-state index is -1.07. The molecule has 0 bridgehead atoms. The molecule has 152 valence electrons. The zero-order chi connectivity index (χ0) is 21.8. The summed E-state index contributed by atoms with van der Waals surface area (Å²) >= 11 is 0. The van der Waals surface area contributed by atoms with E-state index in [1.165, 1.54) is 19.1 Å². The van der Waals surface area contributed by atoms with Crippen LogP contribution in [0.4, 0.5) is 10.1 Å². The van der Waals surface area contributed by atoms with Crippen LogP contribution >= 0.6 is 0 Å². The number of nitriles is 1. The molecular formula is C23H20FN3O3. The molecule has 0 aliphatic heterocycles. The van der Waals surface area contributed by atoms with Crippen LogP contribution in [0.25, 0.3) is 5.69 Å². The summed E-state index contributed by atoms with van der Waals surface area (Å²) in [5.74, 6) is -1.54. The molecule has 0 saturated heterocycles. The maximum atomic E-state index is 13.2. The highest BCUT2D eigenvalue weighted by molar-refractivity contribution is 5.98. The van der Waals surface area contributed by atoms with Crippen molar-refractivity contribution in [2.24, 2.45) is 0 Å². The average molecular weight is 405 g/mol. The Morgan fingerprint density at radius 3 is 2.47 bits per heavy atom. The van der Waals surface area contributed by atoms with Gasteiger partial charge in [-0.1, -0.05) is 12.1 Å². The van der Waals surface area contributed by atoms with Gasteiger partial charge in [-0.3, -0.25) is 4.79 Å². The first-order chi connectivity index (χ1) is 14.3. The summed E-state index contributed by atoms with van der Waals surface area (Å²) in [7, 11) is 0. The van der Waals surface area contributed by atoms with Gasteiger partial charge in [-0.2, -0.15) is 5.26 Å². The number of nitrogens with one attached hydrogen (secondary N) is 1. The number of carbonyl (C=O) groups is 2. The van der Waals surface area contributed by atoms with Gasteiger partial charge in [0.1, 0.15) is 11.9 Å². The Kier molecular flexibility index (Phi) is 5.98. The summed E-state index contributed by atoms with van der Waals surface area (Å²) in [4.78, 5) is 25.1. The van der Waals surface area contributed by atoms with Gasteiger partial charge >= 0.3 is 5.97 Å². The van der Waals surface area contributed by atoms with E-state index in [1.807, 2.05) is 17.6 Å². The normalized spacial score (nSPS) is 11.4. The number of hydrogen-bond donors (Lipinski definition) is 1. The van der Waals surface area contributed by atoms with Crippen molar-refractivity contribution in [3.8, 4) is 11.8 Å². The quantitative estimate of drug-likeness (QED) is 0.642. The summed E-state index contributed by atoms with van der Waals surface area (Å²) in [6.07, 6.45) is -1.07. The molecule has 0 aliphatic rings. The number of rotatable bonds is 5. The lowest BCUT2D eigenvalue weighted by Crippen LogP contribution is -2.30. The largest absolute Gasteiger partial charge is 0.449 e. The second kappa shape index (κ2) is 8.62. The first-order valence-corrected chi connectivity index (χ1v) is 9.27. The Labute approximate surface area is 173 Å². The summed E-state index contributed by atoms with van der Waals surface area (Å²) in [6.45, 7) is 5.03. The molecule has 0 saturated carbocycles. The second-order valence-electron chi connectivity index (χ2n) is 6.79. The van der Waals surface area contributed by atoms with E-state index in [0.717, 1.165) is 5.69 Å². The van der Waals surface area contributed by atoms with Gasteiger partial charge in [0.25, 0.3) is 5.91 Å². The first kappa shape index (κ1) is 20.8. The first-order valence-electron chi connectivity index (χ1n) is 9.27. The molecule has 1 atom stereocenters. The molecule has 30 heavy (non-hydrogen) atoms. The van der Waals surface area contributed by atoms with Crippen LogP contribution in [0.15, 0.2) is 54.6 Å². The number of carbonyl (C=O) groups excluding carboxylic acids is 2. The maximum absolute atomic E-state index is 13.2. The fourth-order valence-electron chi connectivity index (χ4n) is 3.16. The number of esters is 1. The molecule has 3 aromatic rings. The molecule has 0 fully saturated rings. The van der Waals surface area contributed by atoms with Crippen LogP contribution in [-0.4, -0.2) is 22.5 Å². The van der Waals surface area contributed by atoms with E-state index >= 15 is 0 Å². The molecule has 0 radical (unpaired) electrons.